The molecule has 0 saturated carbocycles. The van der Waals surface area contributed by atoms with E-state index in [0.29, 0.717) is 5.02 Å². The standard InChI is InChI=1S/C18H13ClN2O/c19-14-10-11-20-17(12-14)18(22)21-16-9-5-4-8-15(16)13-6-2-1-3-7-13/h1-12H,(H,21,22). The molecule has 108 valence electrons. The van der Waals surface area contributed by atoms with Crippen molar-refractivity contribution in [2.75, 3.05) is 5.32 Å². The molecule has 3 aromatic rings. The van der Waals surface area contributed by atoms with Crippen molar-refractivity contribution in [2.45, 2.75) is 0 Å². The van der Waals surface area contributed by atoms with Crippen LogP contribution >= 0.6 is 11.6 Å². The number of anilines is 1. The molecule has 0 radical (unpaired) electrons. The largest absolute Gasteiger partial charge is 0.320 e. The highest BCUT2D eigenvalue weighted by Gasteiger charge is 2.11. The molecule has 0 aliphatic rings. The SMILES string of the molecule is O=C(Nc1ccccc1-c1ccccc1)c1cc(Cl)ccn1. The average molecular weight is 309 g/mol. The van der Waals surface area contributed by atoms with Gasteiger partial charge in [-0.1, -0.05) is 60.1 Å². The summed E-state index contributed by atoms with van der Waals surface area (Å²) in [7, 11) is 0. The van der Waals surface area contributed by atoms with Crippen LogP contribution in [0.15, 0.2) is 72.9 Å². The summed E-state index contributed by atoms with van der Waals surface area (Å²) in [6.07, 6.45) is 1.51. The minimum absolute atomic E-state index is 0.286. The van der Waals surface area contributed by atoms with Crippen molar-refractivity contribution >= 4 is 23.2 Å². The number of rotatable bonds is 3. The molecule has 1 aromatic heterocycles. The van der Waals surface area contributed by atoms with Gasteiger partial charge in [0, 0.05) is 22.5 Å². The lowest BCUT2D eigenvalue weighted by molar-refractivity contribution is 0.102. The van der Waals surface area contributed by atoms with Gasteiger partial charge in [0.25, 0.3) is 5.91 Å². The Morgan fingerprint density at radius 3 is 2.45 bits per heavy atom. The number of carbonyl (C=O) groups is 1. The molecule has 0 unspecified atom stereocenters. The lowest BCUT2D eigenvalue weighted by Crippen LogP contribution is -2.14. The molecule has 3 rings (SSSR count). The Morgan fingerprint density at radius 1 is 0.955 bits per heavy atom. The zero-order chi connectivity index (χ0) is 15.4. The summed E-state index contributed by atoms with van der Waals surface area (Å²) in [6, 6.07) is 20.7. The van der Waals surface area contributed by atoms with Crippen molar-refractivity contribution in [3.05, 3.63) is 83.6 Å². The summed E-state index contributed by atoms with van der Waals surface area (Å²) in [4.78, 5) is 16.4. The van der Waals surface area contributed by atoms with Crippen LogP contribution < -0.4 is 5.32 Å². The maximum atomic E-state index is 12.3. The molecule has 0 bridgehead atoms. The second-order valence-electron chi connectivity index (χ2n) is 4.73. The van der Waals surface area contributed by atoms with E-state index in [1.807, 2.05) is 54.6 Å². The predicted molar refractivity (Wildman–Crippen MR) is 89.1 cm³/mol. The summed E-state index contributed by atoms with van der Waals surface area (Å²) >= 11 is 5.90. The first kappa shape index (κ1) is 14.3. The third-order valence-electron chi connectivity index (χ3n) is 3.21. The molecule has 0 aliphatic heterocycles. The number of para-hydroxylation sites is 1. The number of pyridine rings is 1. The van der Waals surface area contributed by atoms with E-state index in [4.69, 9.17) is 11.6 Å². The zero-order valence-electron chi connectivity index (χ0n) is 11.7. The Bertz CT molecular complexity index is 803. The summed E-state index contributed by atoms with van der Waals surface area (Å²) < 4.78 is 0. The highest BCUT2D eigenvalue weighted by molar-refractivity contribution is 6.31. The normalized spacial score (nSPS) is 10.2. The fourth-order valence-corrected chi connectivity index (χ4v) is 2.34. The predicted octanol–water partition coefficient (Wildman–Crippen LogP) is 4.65. The minimum Gasteiger partial charge on any atom is -0.320 e. The van der Waals surface area contributed by atoms with E-state index >= 15 is 0 Å². The molecule has 1 N–H and O–H groups in total. The van der Waals surface area contributed by atoms with Crippen LogP contribution in [0.4, 0.5) is 5.69 Å². The molecule has 0 atom stereocenters. The van der Waals surface area contributed by atoms with Gasteiger partial charge in [0.2, 0.25) is 0 Å². The van der Waals surface area contributed by atoms with Crippen LogP contribution in [0.1, 0.15) is 10.5 Å². The number of benzene rings is 2. The van der Waals surface area contributed by atoms with Crippen molar-refractivity contribution in [1.29, 1.82) is 0 Å². The van der Waals surface area contributed by atoms with Crippen molar-refractivity contribution in [3.63, 3.8) is 0 Å². The molecule has 22 heavy (non-hydrogen) atoms. The van der Waals surface area contributed by atoms with E-state index in [1.165, 1.54) is 6.20 Å². The second kappa shape index (κ2) is 6.41. The molecular weight excluding hydrogens is 296 g/mol. The highest BCUT2D eigenvalue weighted by atomic mass is 35.5. The minimum atomic E-state index is -0.286. The van der Waals surface area contributed by atoms with Gasteiger partial charge in [-0.3, -0.25) is 9.78 Å². The van der Waals surface area contributed by atoms with Crippen LogP contribution in [0.5, 0.6) is 0 Å². The highest BCUT2D eigenvalue weighted by Crippen LogP contribution is 2.27. The van der Waals surface area contributed by atoms with Crippen LogP contribution in [0, 0.1) is 0 Å². The monoisotopic (exact) mass is 308 g/mol. The molecule has 0 aliphatic carbocycles. The van der Waals surface area contributed by atoms with Crippen molar-refractivity contribution in [3.8, 4) is 11.1 Å². The number of hydrogen-bond acceptors (Lipinski definition) is 2. The average Bonchev–Trinajstić information content (AvgIpc) is 2.56. The lowest BCUT2D eigenvalue weighted by atomic mass is 10.0. The summed E-state index contributed by atoms with van der Waals surface area (Å²) in [6.45, 7) is 0. The number of nitrogens with zero attached hydrogens (tertiary/aromatic N) is 1. The van der Waals surface area contributed by atoms with Gasteiger partial charge in [0.05, 0.1) is 0 Å². The van der Waals surface area contributed by atoms with Gasteiger partial charge in [0.1, 0.15) is 5.69 Å². The maximum absolute atomic E-state index is 12.3. The van der Waals surface area contributed by atoms with Crippen LogP contribution in [0.3, 0.4) is 0 Å². The zero-order valence-corrected chi connectivity index (χ0v) is 12.4. The van der Waals surface area contributed by atoms with Crippen LogP contribution in [0.25, 0.3) is 11.1 Å². The summed E-state index contributed by atoms with van der Waals surface area (Å²) in [5.74, 6) is -0.286. The molecule has 1 amide bonds. The van der Waals surface area contributed by atoms with Crippen LogP contribution in [-0.2, 0) is 0 Å². The Balaban J connectivity index is 1.92. The van der Waals surface area contributed by atoms with Crippen molar-refractivity contribution in [2.24, 2.45) is 0 Å². The number of aromatic nitrogens is 1. The van der Waals surface area contributed by atoms with Crippen molar-refractivity contribution in [1.82, 2.24) is 4.98 Å². The Hall–Kier alpha value is -2.65. The van der Waals surface area contributed by atoms with Gasteiger partial charge >= 0.3 is 0 Å². The number of amides is 1. The fourth-order valence-electron chi connectivity index (χ4n) is 2.18. The Kier molecular flexibility index (Phi) is 4.17. The van der Waals surface area contributed by atoms with Crippen molar-refractivity contribution < 1.29 is 4.79 Å². The van der Waals surface area contributed by atoms with Gasteiger partial charge in [-0.2, -0.15) is 0 Å². The van der Waals surface area contributed by atoms with Gasteiger partial charge in [-0.05, 0) is 23.8 Å². The Morgan fingerprint density at radius 2 is 1.68 bits per heavy atom. The molecular formula is C18H13ClN2O. The van der Waals surface area contributed by atoms with Gasteiger partial charge in [0.15, 0.2) is 0 Å². The van der Waals surface area contributed by atoms with E-state index in [2.05, 4.69) is 10.3 Å². The van der Waals surface area contributed by atoms with Gasteiger partial charge < -0.3 is 5.32 Å². The molecule has 0 spiro atoms. The number of halogens is 1. The summed E-state index contributed by atoms with van der Waals surface area (Å²) in [5.41, 5.74) is 3.02. The van der Waals surface area contributed by atoms with Gasteiger partial charge in [-0.25, -0.2) is 0 Å². The lowest BCUT2D eigenvalue weighted by Gasteiger charge is -2.11. The smallest absolute Gasteiger partial charge is 0.274 e. The van der Waals surface area contributed by atoms with E-state index in [1.54, 1.807) is 12.1 Å². The van der Waals surface area contributed by atoms with E-state index < -0.39 is 0 Å². The number of carbonyl (C=O) groups excluding carboxylic acids is 1. The van der Waals surface area contributed by atoms with Gasteiger partial charge in [-0.15, -0.1) is 0 Å². The second-order valence-corrected chi connectivity index (χ2v) is 5.16. The van der Waals surface area contributed by atoms with E-state index in [-0.39, 0.29) is 11.6 Å². The third kappa shape index (κ3) is 3.15. The number of hydrogen-bond donors (Lipinski definition) is 1. The third-order valence-corrected chi connectivity index (χ3v) is 3.45. The first-order valence-corrected chi connectivity index (χ1v) is 7.19. The molecule has 0 fully saturated rings. The molecule has 1 heterocycles. The summed E-state index contributed by atoms with van der Waals surface area (Å²) in [5, 5.41) is 3.38. The molecule has 4 heteroatoms. The topological polar surface area (TPSA) is 42.0 Å². The molecule has 2 aromatic carbocycles. The first-order valence-electron chi connectivity index (χ1n) is 6.81. The fraction of sp³-hybridized carbons (Fsp3) is 0. The van der Waals surface area contributed by atoms with Crippen LogP contribution in [0.2, 0.25) is 5.02 Å². The van der Waals surface area contributed by atoms with Crippen LogP contribution in [-0.4, -0.2) is 10.9 Å². The first-order chi connectivity index (χ1) is 10.7. The quantitative estimate of drug-likeness (QED) is 0.765. The Labute approximate surface area is 133 Å². The van der Waals surface area contributed by atoms with E-state index in [9.17, 15) is 4.79 Å². The molecule has 0 saturated heterocycles. The maximum Gasteiger partial charge on any atom is 0.274 e. The number of nitrogens with one attached hydrogen (secondary N) is 1. The molecule has 3 nitrogen and oxygen atoms in total. The van der Waals surface area contributed by atoms with E-state index in [0.717, 1.165) is 16.8 Å².